The molecule has 4 fully saturated rings. The van der Waals surface area contributed by atoms with Crippen molar-refractivity contribution < 1.29 is 14.8 Å². The summed E-state index contributed by atoms with van der Waals surface area (Å²) in [6, 6.07) is 4.79. The van der Waals surface area contributed by atoms with Gasteiger partial charge in [-0.2, -0.15) is 0 Å². The van der Waals surface area contributed by atoms with Gasteiger partial charge in [0.05, 0.1) is 17.1 Å². The molecule has 5 rings (SSSR count). The first-order chi connectivity index (χ1) is 13.4. The Morgan fingerprint density at radius 2 is 2.07 bits per heavy atom. The smallest absolute Gasteiger partial charge is 0.293 e. The molecule has 0 spiro atoms. The van der Waals surface area contributed by atoms with Gasteiger partial charge in [-0.15, -0.1) is 0 Å². The SMILES string of the molecule is C[C@@H]1CCCN(c2ccc(C(=O)N3C[C@@H]4C[C@H]5C[C@H]4[C@@H]3[C@H]5O)cc2[N+](=O)[O-])C1. The lowest BCUT2D eigenvalue weighted by atomic mass is 9.88. The highest BCUT2D eigenvalue weighted by atomic mass is 16.6. The summed E-state index contributed by atoms with van der Waals surface area (Å²) >= 11 is 0. The Morgan fingerprint density at radius 3 is 2.79 bits per heavy atom. The number of hydrogen-bond acceptors (Lipinski definition) is 5. The minimum atomic E-state index is -0.447. The Hall–Kier alpha value is -2.15. The van der Waals surface area contributed by atoms with E-state index in [9.17, 15) is 20.0 Å². The maximum absolute atomic E-state index is 13.2. The van der Waals surface area contributed by atoms with E-state index >= 15 is 0 Å². The number of aliphatic hydroxyl groups is 1. The highest BCUT2D eigenvalue weighted by molar-refractivity contribution is 5.96. The number of piperidine rings is 1. The molecule has 28 heavy (non-hydrogen) atoms. The van der Waals surface area contributed by atoms with Crippen molar-refractivity contribution in [1.29, 1.82) is 0 Å². The van der Waals surface area contributed by atoms with Crippen LogP contribution in [0.4, 0.5) is 11.4 Å². The van der Waals surface area contributed by atoms with Crippen LogP contribution in [0.3, 0.4) is 0 Å². The molecule has 150 valence electrons. The number of aliphatic hydroxyl groups excluding tert-OH is 1. The lowest BCUT2D eigenvalue weighted by molar-refractivity contribution is -0.384. The Bertz CT molecular complexity index is 826. The van der Waals surface area contributed by atoms with Crippen LogP contribution in [0.5, 0.6) is 0 Å². The number of nitro benzene ring substituents is 1. The molecule has 0 radical (unpaired) electrons. The molecule has 6 atom stereocenters. The molecule has 1 N–H and O–H groups in total. The van der Waals surface area contributed by atoms with Crippen molar-refractivity contribution in [3.63, 3.8) is 0 Å². The number of nitro groups is 1. The number of nitrogens with zero attached hydrogens (tertiary/aromatic N) is 3. The van der Waals surface area contributed by atoms with Crippen molar-refractivity contribution in [2.75, 3.05) is 24.5 Å². The number of rotatable bonds is 3. The summed E-state index contributed by atoms with van der Waals surface area (Å²) in [5.41, 5.74) is 0.972. The van der Waals surface area contributed by atoms with Gasteiger partial charge in [0.2, 0.25) is 0 Å². The first-order valence-corrected chi connectivity index (χ1v) is 10.5. The lowest BCUT2D eigenvalue weighted by Gasteiger charge is -2.32. The van der Waals surface area contributed by atoms with Crippen molar-refractivity contribution in [2.45, 2.75) is 44.8 Å². The highest BCUT2D eigenvalue weighted by Crippen LogP contribution is 2.55. The van der Waals surface area contributed by atoms with Crippen molar-refractivity contribution >= 4 is 17.3 Å². The number of benzene rings is 1. The predicted octanol–water partition coefficient (Wildman–Crippen LogP) is 2.67. The number of carbonyl (C=O) groups excluding carboxylic acids is 1. The normalized spacial score (nSPS) is 36.2. The van der Waals surface area contributed by atoms with Crippen LogP contribution in [-0.2, 0) is 0 Å². The predicted molar refractivity (Wildman–Crippen MR) is 104 cm³/mol. The maximum Gasteiger partial charge on any atom is 0.293 e. The summed E-state index contributed by atoms with van der Waals surface area (Å²) in [7, 11) is 0. The van der Waals surface area contributed by atoms with Crippen LogP contribution in [0.1, 0.15) is 43.0 Å². The van der Waals surface area contributed by atoms with Crippen LogP contribution in [0.25, 0.3) is 0 Å². The fourth-order valence-electron chi connectivity index (χ4n) is 6.29. The number of likely N-dealkylation sites (tertiary alicyclic amines) is 1. The third kappa shape index (κ3) is 2.63. The van der Waals surface area contributed by atoms with E-state index in [1.807, 2.05) is 0 Å². The van der Waals surface area contributed by atoms with Crippen LogP contribution < -0.4 is 4.90 Å². The van der Waals surface area contributed by atoms with Crippen LogP contribution in [0.15, 0.2) is 18.2 Å². The average Bonchev–Trinajstić information content (AvgIpc) is 3.30. The van der Waals surface area contributed by atoms with Crippen LogP contribution in [0.2, 0.25) is 0 Å². The van der Waals surface area contributed by atoms with Crippen molar-refractivity contribution in [3.05, 3.63) is 33.9 Å². The maximum atomic E-state index is 13.2. The molecule has 2 aliphatic carbocycles. The van der Waals surface area contributed by atoms with Gasteiger partial charge in [0.25, 0.3) is 11.6 Å². The molecule has 0 aromatic heterocycles. The number of fused-ring (bicyclic) bond motifs is 1. The van der Waals surface area contributed by atoms with Crippen molar-refractivity contribution in [2.24, 2.45) is 23.7 Å². The molecule has 2 heterocycles. The van der Waals surface area contributed by atoms with Crippen molar-refractivity contribution in [3.8, 4) is 0 Å². The fourth-order valence-corrected chi connectivity index (χ4v) is 6.29. The van der Waals surface area contributed by atoms with Gasteiger partial charge in [-0.3, -0.25) is 14.9 Å². The fraction of sp³-hybridized carbons (Fsp3) is 0.667. The number of carbonyl (C=O) groups is 1. The van der Waals surface area contributed by atoms with E-state index in [0.29, 0.717) is 41.5 Å². The Balaban J connectivity index is 1.43. The van der Waals surface area contributed by atoms with Crippen LogP contribution >= 0.6 is 0 Å². The number of anilines is 1. The highest BCUT2D eigenvalue weighted by Gasteiger charge is 2.60. The third-order valence-electron chi connectivity index (χ3n) is 7.53. The summed E-state index contributed by atoms with van der Waals surface area (Å²) in [6.07, 6.45) is 3.72. The van der Waals surface area contributed by atoms with Crippen LogP contribution in [0, 0.1) is 33.8 Å². The molecular formula is C21H27N3O4. The van der Waals surface area contributed by atoms with Gasteiger partial charge < -0.3 is 14.9 Å². The second kappa shape index (κ2) is 6.44. The van der Waals surface area contributed by atoms with Gasteiger partial charge >= 0.3 is 0 Å². The molecule has 7 nitrogen and oxygen atoms in total. The van der Waals surface area contributed by atoms with E-state index in [1.165, 1.54) is 6.07 Å². The first-order valence-electron chi connectivity index (χ1n) is 10.5. The molecule has 0 unspecified atom stereocenters. The molecule has 7 heteroatoms. The second-order valence-electron chi connectivity index (χ2n) is 9.25. The monoisotopic (exact) mass is 385 g/mol. The second-order valence-corrected chi connectivity index (χ2v) is 9.25. The Morgan fingerprint density at radius 1 is 1.25 bits per heavy atom. The quantitative estimate of drug-likeness (QED) is 0.638. The first kappa shape index (κ1) is 17.9. The van der Waals surface area contributed by atoms with Crippen molar-refractivity contribution in [1.82, 2.24) is 4.90 Å². The zero-order valence-electron chi connectivity index (χ0n) is 16.2. The van der Waals surface area contributed by atoms with E-state index in [4.69, 9.17) is 0 Å². The van der Waals surface area contributed by atoms with E-state index in [0.717, 1.165) is 38.8 Å². The number of amides is 1. The molecule has 2 aliphatic heterocycles. The zero-order chi connectivity index (χ0) is 19.6. The topological polar surface area (TPSA) is 86.9 Å². The van der Waals surface area contributed by atoms with Gasteiger partial charge in [0.1, 0.15) is 5.69 Å². The number of hydrogen-bond donors (Lipinski definition) is 1. The lowest BCUT2D eigenvalue weighted by Crippen LogP contribution is -2.43. The molecule has 1 aromatic carbocycles. The van der Waals surface area contributed by atoms with Gasteiger partial charge in [-0.1, -0.05) is 6.92 Å². The van der Waals surface area contributed by atoms with Gasteiger partial charge in [-0.25, -0.2) is 0 Å². The Labute approximate surface area is 164 Å². The Kier molecular flexibility index (Phi) is 4.12. The van der Waals surface area contributed by atoms with Crippen LogP contribution in [-0.4, -0.2) is 52.6 Å². The zero-order valence-corrected chi connectivity index (χ0v) is 16.2. The van der Waals surface area contributed by atoms with E-state index in [2.05, 4.69) is 11.8 Å². The van der Waals surface area contributed by atoms with Gasteiger partial charge in [0, 0.05) is 31.3 Å². The molecule has 2 saturated carbocycles. The van der Waals surface area contributed by atoms with E-state index in [-0.39, 0.29) is 22.6 Å². The summed E-state index contributed by atoms with van der Waals surface area (Å²) in [5, 5.41) is 22.3. The minimum absolute atomic E-state index is 0.00645. The third-order valence-corrected chi connectivity index (χ3v) is 7.53. The van der Waals surface area contributed by atoms with E-state index < -0.39 is 6.10 Å². The molecule has 1 aromatic rings. The summed E-state index contributed by atoms with van der Waals surface area (Å²) in [5.74, 6) is 1.52. The summed E-state index contributed by atoms with van der Waals surface area (Å²) in [4.78, 5) is 28.4. The summed E-state index contributed by atoms with van der Waals surface area (Å²) < 4.78 is 0. The summed E-state index contributed by atoms with van der Waals surface area (Å²) in [6.45, 7) is 4.45. The standard InChI is InChI=1S/C21H27N3O4/c1-12-3-2-6-22(10-12)17-5-4-13(9-18(17)24(27)28)21(26)23-11-15-7-14-8-16(15)19(23)20(14)25/h4-5,9,12,14-16,19-20,25H,2-3,6-8,10-11H2,1H3/t12-,14+,15+,16-,19-,20+/m1/s1. The van der Waals surface area contributed by atoms with Gasteiger partial charge in [-0.05, 0) is 61.5 Å². The largest absolute Gasteiger partial charge is 0.391 e. The van der Waals surface area contributed by atoms with Gasteiger partial charge in [0.15, 0.2) is 0 Å². The molecule has 1 amide bonds. The molecule has 2 saturated heterocycles. The molecular weight excluding hydrogens is 358 g/mol. The minimum Gasteiger partial charge on any atom is -0.391 e. The average molecular weight is 385 g/mol. The molecule has 2 bridgehead atoms. The molecule has 4 aliphatic rings. The van der Waals surface area contributed by atoms with E-state index in [1.54, 1.807) is 17.0 Å².